The molecule has 0 saturated heterocycles. The van der Waals surface area contributed by atoms with E-state index in [1.54, 1.807) is 5.57 Å². The fourth-order valence-electron chi connectivity index (χ4n) is 7.94. The lowest BCUT2D eigenvalue weighted by Gasteiger charge is -2.51. The first-order valence-electron chi connectivity index (χ1n) is 14.5. The minimum absolute atomic E-state index is 0.116. The normalized spacial score (nSPS) is 32.9. The molecule has 0 amide bonds. The second kappa shape index (κ2) is 10.9. The lowest BCUT2D eigenvalue weighted by atomic mass is 9.53. The molecule has 4 aliphatic rings. The van der Waals surface area contributed by atoms with Gasteiger partial charge in [0.25, 0.3) is 0 Å². The van der Waals surface area contributed by atoms with Gasteiger partial charge in [0.15, 0.2) is 0 Å². The average Bonchev–Trinajstić information content (AvgIpc) is 3.20. The molecule has 1 aromatic rings. The number of halogens is 1. The fourth-order valence-corrected chi connectivity index (χ4v) is 7.94. The summed E-state index contributed by atoms with van der Waals surface area (Å²) in [7, 11) is 0. The lowest BCUT2D eigenvalue weighted by molar-refractivity contribution is -0.144. The zero-order valence-corrected chi connectivity index (χ0v) is 23.1. The number of hydrogen-bond donors (Lipinski definition) is 0. The summed E-state index contributed by atoms with van der Waals surface area (Å²) in [5.74, 6) is 1.80. The summed E-state index contributed by atoms with van der Waals surface area (Å²) >= 11 is 0. The standard InChI is InChI=1S/C32H44FNO3/c1-5-34(6-2)17-18-36-24-10-7-22(8-11-24)28-20-32(4)29(15-16-30(32)33)27-13-9-23-19-25(37-21(3)35)12-14-26(23)31(27)28/h7-8,10-11,19,25,27-30H,5-6,9,12-18,20H2,1-4H3/t25?,27?,28?,29?,30-,32?/m1/s1. The van der Waals surface area contributed by atoms with Gasteiger partial charge in [-0.15, -0.1) is 0 Å². The third-order valence-electron chi connectivity index (χ3n) is 9.90. The number of hydrogen-bond acceptors (Lipinski definition) is 4. The van der Waals surface area contributed by atoms with Crippen LogP contribution in [0.1, 0.15) is 84.1 Å². The van der Waals surface area contributed by atoms with Crippen molar-refractivity contribution in [1.29, 1.82) is 0 Å². The van der Waals surface area contributed by atoms with Gasteiger partial charge in [0.2, 0.25) is 0 Å². The molecule has 202 valence electrons. The van der Waals surface area contributed by atoms with Gasteiger partial charge in [-0.25, -0.2) is 4.39 Å². The van der Waals surface area contributed by atoms with E-state index >= 15 is 4.39 Å². The highest BCUT2D eigenvalue weighted by atomic mass is 19.1. The Morgan fingerprint density at radius 1 is 1.08 bits per heavy atom. The molecule has 1 aromatic carbocycles. The van der Waals surface area contributed by atoms with E-state index in [2.05, 4.69) is 56.0 Å². The minimum atomic E-state index is -0.717. The van der Waals surface area contributed by atoms with E-state index in [1.807, 2.05) is 0 Å². The van der Waals surface area contributed by atoms with Gasteiger partial charge in [-0.2, -0.15) is 0 Å². The Hall–Kier alpha value is -2.14. The zero-order chi connectivity index (χ0) is 26.2. The number of alkyl halides is 1. The molecule has 5 unspecified atom stereocenters. The maximum atomic E-state index is 15.4. The quantitative estimate of drug-likeness (QED) is 0.354. The van der Waals surface area contributed by atoms with Gasteiger partial charge in [0.05, 0.1) is 0 Å². The fraction of sp³-hybridized carbons (Fsp3) is 0.656. The molecule has 0 heterocycles. The zero-order valence-electron chi connectivity index (χ0n) is 23.1. The van der Waals surface area contributed by atoms with E-state index in [0.717, 1.165) is 63.9 Å². The average molecular weight is 510 g/mol. The molecule has 0 spiro atoms. The van der Waals surface area contributed by atoms with E-state index in [9.17, 15) is 4.79 Å². The largest absolute Gasteiger partial charge is 0.492 e. The highest BCUT2D eigenvalue weighted by molar-refractivity contribution is 5.66. The first-order valence-corrected chi connectivity index (χ1v) is 14.5. The van der Waals surface area contributed by atoms with Gasteiger partial charge in [-0.3, -0.25) is 4.79 Å². The van der Waals surface area contributed by atoms with Crippen molar-refractivity contribution in [3.63, 3.8) is 0 Å². The van der Waals surface area contributed by atoms with Crippen LogP contribution in [0.15, 0.2) is 47.1 Å². The number of fused-ring (bicyclic) bond motifs is 4. The number of rotatable bonds is 8. The van der Waals surface area contributed by atoms with E-state index in [1.165, 1.54) is 23.6 Å². The second-order valence-corrected chi connectivity index (χ2v) is 11.8. The minimum Gasteiger partial charge on any atom is -0.492 e. The summed E-state index contributed by atoms with van der Waals surface area (Å²) < 4.78 is 27.0. The van der Waals surface area contributed by atoms with Crippen LogP contribution < -0.4 is 4.74 Å². The molecule has 2 saturated carbocycles. The van der Waals surface area contributed by atoms with Crippen LogP contribution in [-0.2, 0) is 9.53 Å². The summed E-state index contributed by atoms with van der Waals surface area (Å²) in [4.78, 5) is 13.9. The van der Waals surface area contributed by atoms with Crippen LogP contribution in [-0.4, -0.2) is 49.4 Å². The van der Waals surface area contributed by atoms with Crippen LogP contribution >= 0.6 is 0 Å². The predicted molar refractivity (Wildman–Crippen MR) is 145 cm³/mol. The number of esters is 1. The number of benzene rings is 1. The third kappa shape index (κ3) is 5.13. The SMILES string of the molecule is CCN(CC)CCOc1ccc(C2CC3(C)C(CC[C@H]3F)C3CCC4=CC(OC(C)=O)CCC4=C23)cc1. The first-order chi connectivity index (χ1) is 17.8. The number of likely N-dealkylation sites (N-methyl/N-ethyl adjacent to an activating group) is 1. The van der Waals surface area contributed by atoms with Crippen molar-refractivity contribution in [2.45, 2.75) is 90.8 Å². The van der Waals surface area contributed by atoms with Crippen LogP contribution in [0, 0.1) is 17.3 Å². The van der Waals surface area contributed by atoms with Crippen LogP contribution in [0.2, 0.25) is 0 Å². The number of carbonyl (C=O) groups is 1. The monoisotopic (exact) mass is 509 g/mol. The second-order valence-electron chi connectivity index (χ2n) is 11.8. The van der Waals surface area contributed by atoms with Crippen LogP contribution in [0.5, 0.6) is 5.75 Å². The van der Waals surface area contributed by atoms with Gasteiger partial charge < -0.3 is 14.4 Å². The number of nitrogens with zero attached hydrogens (tertiary/aromatic N) is 1. The summed E-state index contributed by atoms with van der Waals surface area (Å²) in [6.45, 7) is 11.7. The van der Waals surface area contributed by atoms with Gasteiger partial charge >= 0.3 is 5.97 Å². The summed E-state index contributed by atoms with van der Waals surface area (Å²) in [6.07, 6.45) is 7.81. The van der Waals surface area contributed by atoms with Crippen LogP contribution in [0.25, 0.3) is 0 Å². The summed E-state index contributed by atoms with van der Waals surface area (Å²) in [5.41, 5.74) is 5.43. The third-order valence-corrected chi connectivity index (χ3v) is 9.90. The predicted octanol–water partition coefficient (Wildman–Crippen LogP) is 7.01. The Labute approximate surface area is 222 Å². The Bertz CT molecular complexity index is 1040. The molecule has 0 N–H and O–H groups in total. The summed E-state index contributed by atoms with van der Waals surface area (Å²) in [5, 5.41) is 0. The summed E-state index contributed by atoms with van der Waals surface area (Å²) in [6, 6.07) is 8.64. The van der Waals surface area contributed by atoms with Crippen LogP contribution in [0.4, 0.5) is 4.39 Å². The van der Waals surface area contributed by atoms with Gasteiger partial charge in [-0.05, 0) is 105 Å². The Morgan fingerprint density at radius 3 is 2.54 bits per heavy atom. The van der Waals surface area contributed by atoms with Gasteiger partial charge in [0, 0.05) is 24.8 Å². The van der Waals surface area contributed by atoms with Crippen molar-refractivity contribution in [2.75, 3.05) is 26.2 Å². The van der Waals surface area contributed by atoms with Crippen molar-refractivity contribution in [3.8, 4) is 5.75 Å². The molecule has 0 radical (unpaired) electrons. The van der Waals surface area contributed by atoms with Crippen molar-refractivity contribution in [3.05, 3.63) is 52.6 Å². The molecule has 4 nitrogen and oxygen atoms in total. The van der Waals surface area contributed by atoms with Crippen molar-refractivity contribution < 1.29 is 18.7 Å². The van der Waals surface area contributed by atoms with Gasteiger partial charge in [0.1, 0.15) is 24.6 Å². The molecule has 0 aromatic heterocycles. The molecule has 0 aliphatic heterocycles. The van der Waals surface area contributed by atoms with E-state index in [-0.39, 0.29) is 23.4 Å². The highest BCUT2D eigenvalue weighted by Crippen LogP contribution is 2.64. The molecular formula is C32H44FNO3. The van der Waals surface area contributed by atoms with Crippen molar-refractivity contribution in [2.24, 2.45) is 17.3 Å². The maximum absolute atomic E-state index is 15.4. The molecule has 37 heavy (non-hydrogen) atoms. The molecular weight excluding hydrogens is 465 g/mol. The van der Waals surface area contributed by atoms with Crippen molar-refractivity contribution in [1.82, 2.24) is 4.90 Å². The van der Waals surface area contributed by atoms with Gasteiger partial charge in [-0.1, -0.05) is 38.5 Å². The number of carbonyl (C=O) groups excluding carboxylic acids is 1. The van der Waals surface area contributed by atoms with E-state index in [0.29, 0.717) is 24.9 Å². The van der Waals surface area contributed by atoms with Crippen molar-refractivity contribution >= 4 is 5.97 Å². The topological polar surface area (TPSA) is 38.8 Å². The Kier molecular flexibility index (Phi) is 7.81. The Balaban J connectivity index is 1.44. The maximum Gasteiger partial charge on any atom is 0.303 e. The molecule has 5 heteroatoms. The highest BCUT2D eigenvalue weighted by Gasteiger charge is 2.57. The molecule has 2 fully saturated rings. The molecule has 5 rings (SSSR count). The number of allylic oxidation sites excluding steroid dienone is 3. The number of ether oxygens (including phenoxy) is 2. The van der Waals surface area contributed by atoms with Crippen LogP contribution in [0.3, 0.4) is 0 Å². The van der Waals surface area contributed by atoms with E-state index in [4.69, 9.17) is 9.47 Å². The van der Waals surface area contributed by atoms with E-state index < -0.39 is 6.17 Å². The Morgan fingerprint density at radius 2 is 1.84 bits per heavy atom. The molecule has 6 atom stereocenters. The lowest BCUT2D eigenvalue weighted by Crippen LogP contribution is -2.44. The molecule has 0 bridgehead atoms. The smallest absolute Gasteiger partial charge is 0.303 e. The first kappa shape index (κ1) is 26.5. The molecule has 4 aliphatic carbocycles.